The van der Waals surface area contributed by atoms with Crippen LogP contribution in [0.5, 0.6) is 0 Å². The van der Waals surface area contributed by atoms with Crippen LogP contribution in [0.4, 0.5) is 4.79 Å². The number of piperidine rings is 1. The van der Waals surface area contributed by atoms with Gasteiger partial charge >= 0.3 is 6.09 Å². The molecule has 124 valence electrons. The van der Waals surface area contributed by atoms with Crippen molar-refractivity contribution in [1.29, 1.82) is 0 Å². The van der Waals surface area contributed by atoms with Gasteiger partial charge in [0, 0.05) is 19.1 Å². The Balaban J connectivity index is 1.79. The molecule has 2 heterocycles. The van der Waals surface area contributed by atoms with Gasteiger partial charge in [-0.25, -0.2) is 4.79 Å². The van der Waals surface area contributed by atoms with Crippen LogP contribution in [-0.2, 0) is 4.74 Å². The molecular formula is C15H26N4O3. The second-order valence-electron chi connectivity index (χ2n) is 6.81. The van der Waals surface area contributed by atoms with Gasteiger partial charge in [0.25, 0.3) is 0 Å². The van der Waals surface area contributed by atoms with Gasteiger partial charge in [0.2, 0.25) is 5.89 Å². The minimum atomic E-state index is -0.463. The van der Waals surface area contributed by atoms with Crippen molar-refractivity contribution < 1.29 is 14.1 Å². The zero-order chi connectivity index (χ0) is 16.3. The number of aryl methyl sites for hydroxylation is 1. The maximum absolute atomic E-state index is 11.8. The van der Waals surface area contributed by atoms with E-state index in [9.17, 15) is 4.79 Å². The van der Waals surface area contributed by atoms with E-state index in [0.717, 1.165) is 25.9 Å². The predicted molar refractivity (Wildman–Crippen MR) is 81.4 cm³/mol. The Morgan fingerprint density at radius 3 is 2.55 bits per heavy atom. The zero-order valence-electron chi connectivity index (χ0n) is 14.0. The van der Waals surface area contributed by atoms with Gasteiger partial charge in [-0.1, -0.05) is 5.16 Å². The Morgan fingerprint density at radius 2 is 2.05 bits per heavy atom. The molecule has 0 bridgehead atoms. The predicted octanol–water partition coefficient (Wildman–Crippen LogP) is 2.43. The first-order chi connectivity index (χ1) is 10.2. The summed E-state index contributed by atoms with van der Waals surface area (Å²) >= 11 is 0. The lowest BCUT2D eigenvalue weighted by Gasteiger charge is -2.35. The highest BCUT2D eigenvalue weighted by Gasteiger charge is 2.28. The first-order valence-electron chi connectivity index (χ1n) is 7.78. The lowest BCUT2D eigenvalue weighted by Crippen LogP contribution is -2.46. The minimum Gasteiger partial charge on any atom is -0.444 e. The Labute approximate surface area is 131 Å². The lowest BCUT2D eigenvalue weighted by molar-refractivity contribution is 0.0464. The van der Waals surface area contributed by atoms with Crippen molar-refractivity contribution in [1.82, 2.24) is 20.4 Å². The maximum atomic E-state index is 11.8. The summed E-state index contributed by atoms with van der Waals surface area (Å²) in [5.41, 5.74) is -0.463. The minimum absolute atomic E-state index is 0.101. The molecular weight excluding hydrogens is 284 g/mol. The molecule has 1 atom stereocenters. The highest BCUT2D eigenvalue weighted by atomic mass is 16.6. The molecule has 22 heavy (non-hydrogen) atoms. The molecule has 0 radical (unpaired) electrons. The summed E-state index contributed by atoms with van der Waals surface area (Å²) in [7, 11) is 0. The molecule has 1 aromatic heterocycles. The van der Waals surface area contributed by atoms with Crippen LogP contribution in [0.3, 0.4) is 0 Å². The molecule has 0 spiro atoms. The number of ether oxygens (including phenoxy) is 1. The van der Waals surface area contributed by atoms with Crippen LogP contribution in [0.15, 0.2) is 4.52 Å². The molecule has 1 aromatic rings. The first-order valence-corrected chi connectivity index (χ1v) is 7.78. The average Bonchev–Trinajstić information content (AvgIpc) is 2.83. The van der Waals surface area contributed by atoms with E-state index in [1.165, 1.54) is 0 Å². The Hall–Kier alpha value is -1.63. The molecule has 1 N–H and O–H groups in total. The Morgan fingerprint density at radius 1 is 1.41 bits per heavy atom. The van der Waals surface area contributed by atoms with Crippen LogP contribution < -0.4 is 5.32 Å². The van der Waals surface area contributed by atoms with E-state index in [2.05, 4.69) is 27.3 Å². The SMILES string of the molecule is Cc1noc([C@H](C)N2CCC(NC(=O)OC(C)(C)C)CC2)n1. The highest BCUT2D eigenvalue weighted by molar-refractivity contribution is 5.68. The molecule has 0 saturated carbocycles. The molecule has 0 aromatic carbocycles. The zero-order valence-corrected chi connectivity index (χ0v) is 14.0. The fraction of sp³-hybridized carbons (Fsp3) is 0.800. The molecule has 0 unspecified atom stereocenters. The van der Waals surface area contributed by atoms with Gasteiger partial charge in [0.1, 0.15) is 5.60 Å². The normalized spacial score (nSPS) is 19.0. The molecule has 7 heteroatoms. The van der Waals surface area contributed by atoms with Crippen molar-refractivity contribution >= 4 is 6.09 Å². The van der Waals surface area contributed by atoms with Crippen molar-refractivity contribution in [2.24, 2.45) is 0 Å². The van der Waals surface area contributed by atoms with Gasteiger partial charge in [-0.2, -0.15) is 4.98 Å². The quantitative estimate of drug-likeness (QED) is 0.923. The number of nitrogens with zero attached hydrogens (tertiary/aromatic N) is 3. The number of alkyl carbamates (subject to hydrolysis) is 1. The van der Waals surface area contributed by atoms with Gasteiger partial charge in [-0.05, 0) is 47.5 Å². The third kappa shape index (κ3) is 4.69. The van der Waals surface area contributed by atoms with E-state index >= 15 is 0 Å². The average molecular weight is 310 g/mol. The van der Waals surface area contributed by atoms with Crippen LogP contribution in [-0.4, -0.2) is 45.9 Å². The number of hydrogen-bond donors (Lipinski definition) is 1. The van der Waals surface area contributed by atoms with Crippen LogP contribution in [0.2, 0.25) is 0 Å². The monoisotopic (exact) mass is 310 g/mol. The van der Waals surface area contributed by atoms with Gasteiger partial charge < -0.3 is 14.6 Å². The standard InChI is InChI=1S/C15H26N4O3/c1-10(13-16-11(2)18-22-13)19-8-6-12(7-9-19)17-14(20)21-15(3,4)5/h10,12H,6-9H2,1-5H3,(H,17,20)/t10-/m0/s1. The number of aromatic nitrogens is 2. The van der Waals surface area contributed by atoms with Gasteiger partial charge in [0.15, 0.2) is 5.82 Å². The fourth-order valence-corrected chi connectivity index (χ4v) is 2.54. The summed E-state index contributed by atoms with van der Waals surface area (Å²) in [6, 6.07) is 0.256. The van der Waals surface area contributed by atoms with Crippen molar-refractivity contribution in [3.63, 3.8) is 0 Å². The number of rotatable bonds is 3. The molecule has 1 aliphatic heterocycles. The maximum Gasteiger partial charge on any atom is 0.407 e. The number of amides is 1. The van der Waals surface area contributed by atoms with Crippen LogP contribution >= 0.6 is 0 Å². The summed E-state index contributed by atoms with van der Waals surface area (Å²) in [6.07, 6.45) is 1.43. The van der Waals surface area contributed by atoms with E-state index in [1.54, 1.807) is 0 Å². The summed E-state index contributed by atoms with van der Waals surface area (Å²) in [6.45, 7) is 11.2. The summed E-state index contributed by atoms with van der Waals surface area (Å²) < 4.78 is 10.5. The molecule has 1 saturated heterocycles. The van der Waals surface area contributed by atoms with Crippen LogP contribution in [0, 0.1) is 6.92 Å². The lowest BCUT2D eigenvalue weighted by atomic mass is 10.0. The van der Waals surface area contributed by atoms with Crippen molar-refractivity contribution in [3.05, 3.63) is 11.7 Å². The van der Waals surface area contributed by atoms with E-state index in [0.29, 0.717) is 11.7 Å². The first kappa shape index (κ1) is 16.7. The van der Waals surface area contributed by atoms with E-state index in [-0.39, 0.29) is 18.2 Å². The largest absolute Gasteiger partial charge is 0.444 e. The summed E-state index contributed by atoms with van der Waals surface area (Å²) in [5.74, 6) is 1.30. The van der Waals surface area contributed by atoms with Crippen molar-refractivity contribution in [3.8, 4) is 0 Å². The van der Waals surface area contributed by atoms with Crippen molar-refractivity contribution in [2.75, 3.05) is 13.1 Å². The smallest absolute Gasteiger partial charge is 0.407 e. The number of hydrogen-bond acceptors (Lipinski definition) is 6. The second-order valence-corrected chi connectivity index (χ2v) is 6.81. The summed E-state index contributed by atoms with van der Waals surface area (Å²) in [4.78, 5) is 18.4. The van der Waals surface area contributed by atoms with Crippen LogP contribution in [0.25, 0.3) is 0 Å². The molecule has 1 fully saturated rings. The summed E-state index contributed by atoms with van der Waals surface area (Å²) in [5, 5.41) is 6.77. The molecule has 2 rings (SSSR count). The number of nitrogens with one attached hydrogen (secondary N) is 1. The highest BCUT2D eigenvalue weighted by Crippen LogP contribution is 2.23. The molecule has 1 aliphatic rings. The Bertz CT molecular complexity index is 501. The number of carbonyl (C=O) groups excluding carboxylic acids is 1. The third-order valence-corrected chi connectivity index (χ3v) is 3.70. The number of likely N-dealkylation sites (tertiary alicyclic amines) is 1. The second kappa shape index (κ2) is 6.64. The fourth-order valence-electron chi connectivity index (χ4n) is 2.54. The third-order valence-electron chi connectivity index (χ3n) is 3.70. The topological polar surface area (TPSA) is 80.5 Å². The van der Waals surface area contributed by atoms with Crippen LogP contribution in [0.1, 0.15) is 58.3 Å². The van der Waals surface area contributed by atoms with Gasteiger partial charge in [-0.3, -0.25) is 4.90 Å². The molecule has 0 aliphatic carbocycles. The van der Waals surface area contributed by atoms with Crippen molar-refractivity contribution in [2.45, 2.75) is 65.1 Å². The molecule has 7 nitrogen and oxygen atoms in total. The van der Waals surface area contributed by atoms with E-state index < -0.39 is 5.60 Å². The van der Waals surface area contributed by atoms with E-state index in [1.807, 2.05) is 27.7 Å². The molecule has 1 amide bonds. The van der Waals surface area contributed by atoms with Gasteiger partial charge in [0.05, 0.1) is 6.04 Å². The Kier molecular flexibility index (Phi) is 5.05. The van der Waals surface area contributed by atoms with Gasteiger partial charge in [-0.15, -0.1) is 0 Å². The number of carbonyl (C=O) groups is 1. The van der Waals surface area contributed by atoms with E-state index in [4.69, 9.17) is 9.26 Å².